The van der Waals surface area contributed by atoms with Crippen LogP contribution in [0, 0.1) is 13.8 Å². The second-order valence-electron chi connectivity index (χ2n) is 8.07. The summed E-state index contributed by atoms with van der Waals surface area (Å²) in [6, 6.07) is 24.3. The number of piperazine rings is 1. The number of hydrogen-bond acceptors (Lipinski definition) is 3. The van der Waals surface area contributed by atoms with Gasteiger partial charge in [-0.05, 0) is 42.8 Å². The molecule has 1 aliphatic rings. The Hall–Kier alpha value is -3.60. The number of nitrogens with zero attached hydrogens (tertiary/aromatic N) is 4. The van der Waals surface area contributed by atoms with Crippen LogP contribution < -0.4 is 4.90 Å². The number of amides is 1. The normalized spacial score (nSPS) is 14.3. The van der Waals surface area contributed by atoms with Gasteiger partial charge < -0.3 is 9.80 Å². The van der Waals surface area contributed by atoms with Crippen molar-refractivity contribution < 1.29 is 4.79 Å². The predicted molar refractivity (Wildman–Crippen MR) is 125 cm³/mol. The van der Waals surface area contributed by atoms with Crippen molar-refractivity contribution in [2.75, 3.05) is 31.1 Å². The molecule has 1 amide bonds. The second kappa shape index (κ2) is 7.91. The molecule has 0 saturated carbocycles. The van der Waals surface area contributed by atoms with E-state index in [9.17, 15) is 4.79 Å². The molecule has 4 aromatic rings. The number of benzene rings is 3. The monoisotopic (exact) mass is 410 g/mol. The van der Waals surface area contributed by atoms with Crippen LogP contribution in [0.3, 0.4) is 0 Å². The fraction of sp³-hybridized carbons (Fsp3) is 0.231. The van der Waals surface area contributed by atoms with Crippen molar-refractivity contribution in [3.05, 3.63) is 89.7 Å². The Balaban J connectivity index is 1.35. The lowest BCUT2D eigenvalue weighted by atomic mass is 10.0. The third kappa shape index (κ3) is 3.46. The first-order valence-electron chi connectivity index (χ1n) is 10.8. The van der Waals surface area contributed by atoms with Crippen LogP contribution in [0.25, 0.3) is 16.5 Å². The first-order chi connectivity index (χ1) is 15.1. The van der Waals surface area contributed by atoms with Gasteiger partial charge >= 0.3 is 0 Å². The number of fused-ring (bicyclic) bond motifs is 1. The van der Waals surface area contributed by atoms with E-state index in [1.54, 1.807) is 0 Å². The average molecular weight is 411 g/mol. The summed E-state index contributed by atoms with van der Waals surface area (Å²) in [6.45, 7) is 7.21. The van der Waals surface area contributed by atoms with Gasteiger partial charge in [-0.15, -0.1) is 0 Å². The zero-order chi connectivity index (χ0) is 21.4. The minimum Gasteiger partial charge on any atom is -0.365 e. The summed E-state index contributed by atoms with van der Waals surface area (Å²) < 4.78 is 2.01. The van der Waals surface area contributed by atoms with E-state index in [1.165, 1.54) is 5.69 Å². The number of aromatic nitrogens is 2. The number of carbonyl (C=O) groups excluding carboxylic acids is 1. The van der Waals surface area contributed by atoms with Gasteiger partial charge in [0.2, 0.25) is 0 Å². The molecule has 0 unspecified atom stereocenters. The van der Waals surface area contributed by atoms with E-state index in [0.29, 0.717) is 13.1 Å². The largest absolute Gasteiger partial charge is 0.365 e. The molecule has 3 aromatic carbocycles. The van der Waals surface area contributed by atoms with Gasteiger partial charge in [-0.25, -0.2) is 4.68 Å². The Bertz CT molecular complexity index is 1230. The molecule has 1 aromatic heterocycles. The quantitative estimate of drug-likeness (QED) is 0.495. The van der Waals surface area contributed by atoms with E-state index in [1.807, 2.05) is 58.1 Å². The third-order valence-electron chi connectivity index (χ3n) is 6.16. The summed E-state index contributed by atoms with van der Waals surface area (Å²) in [4.78, 5) is 17.6. The maximum absolute atomic E-state index is 13.3. The van der Waals surface area contributed by atoms with Crippen LogP contribution in [0.1, 0.15) is 21.7 Å². The van der Waals surface area contributed by atoms with Crippen LogP contribution >= 0.6 is 0 Å². The molecule has 1 saturated heterocycles. The molecule has 0 spiro atoms. The van der Waals surface area contributed by atoms with Gasteiger partial charge in [-0.3, -0.25) is 4.79 Å². The first kappa shape index (κ1) is 19.4. The zero-order valence-corrected chi connectivity index (χ0v) is 18.0. The highest BCUT2D eigenvalue weighted by Gasteiger charge is 2.26. The van der Waals surface area contributed by atoms with E-state index in [-0.39, 0.29) is 5.91 Å². The summed E-state index contributed by atoms with van der Waals surface area (Å²) in [5.74, 6) is 0.116. The maximum atomic E-state index is 13.3. The van der Waals surface area contributed by atoms with Crippen LogP contribution in [0.15, 0.2) is 72.8 Å². The Kier molecular flexibility index (Phi) is 4.94. The van der Waals surface area contributed by atoms with E-state index in [2.05, 4.69) is 43.0 Å². The molecule has 1 aliphatic heterocycles. The van der Waals surface area contributed by atoms with E-state index in [4.69, 9.17) is 5.10 Å². The highest BCUT2D eigenvalue weighted by atomic mass is 16.2. The lowest BCUT2D eigenvalue weighted by Gasteiger charge is -2.36. The summed E-state index contributed by atoms with van der Waals surface area (Å²) in [5.41, 5.74) is 5.20. The van der Waals surface area contributed by atoms with Crippen LogP contribution in [0.5, 0.6) is 0 Å². The van der Waals surface area contributed by atoms with Crippen LogP contribution in [0.4, 0.5) is 5.69 Å². The fourth-order valence-electron chi connectivity index (χ4n) is 4.63. The van der Waals surface area contributed by atoms with Gasteiger partial charge in [0.05, 0.1) is 22.8 Å². The van der Waals surface area contributed by atoms with Crippen molar-refractivity contribution in [1.82, 2.24) is 14.7 Å². The minimum absolute atomic E-state index is 0.116. The molecule has 1 fully saturated rings. The smallest absolute Gasteiger partial charge is 0.254 e. The molecule has 31 heavy (non-hydrogen) atoms. The van der Waals surface area contributed by atoms with Crippen molar-refractivity contribution >= 4 is 22.4 Å². The number of carbonyl (C=O) groups is 1. The molecule has 0 aliphatic carbocycles. The molecule has 156 valence electrons. The molecule has 0 bridgehead atoms. The topological polar surface area (TPSA) is 41.4 Å². The molecule has 5 rings (SSSR count). The van der Waals surface area contributed by atoms with Crippen molar-refractivity contribution in [3.8, 4) is 5.69 Å². The predicted octanol–water partition coefficient (Wildman–Crippen LogP) is 4.60. The summed E-state index contributed by atoms with van der Waals surface area (Å²) in [5, 5.41) is 6.91. The lowest BCUT2D eigenvalue weighted by Crippen LogP contribution is -2.49. The minimum atomic E-state index is 0.116. The molecule has 5 heteroatoms. The highest BCUT2D eigenvalue weighted by molar-refractivity contribution is 6.07. The average Bonchev–Trinajstić information content (AvgIpc) is 3.12. The Labute approximate surface area is 182 Å². The number of rotatable bonds is 3. The van der Waals surface area contributed by atoms with Gasteiger partial charge in [0, 0.05) is 31.7 Å². The molecule has 0 atom stereocenters. The summed E-state index contributed by atoms with van der Waals surface area (Å²) >= 11 is 0. The molecule has 0 radical (unpaired) electrons. The molecule has 0 N–H and O–H groups in total. The molecule has 2 heterocycles. The molecule has 5 nitrogen and oxygen atoms in total. The second-order valence-corrected chi connectivity index (χ2v) is 8.07. The zero-order valence-electron chi connectivity index (χ0n) is 18.0. The van der Waals surface area contributed by atoms with Crippen molar-refractivity contribution in [3.63, 3.8) is 0 Å². The number of aryl methyl sites for hydroxylation is 1. The molecular formula is C26H26N4O. The Morgan fingerprint density at radius 1 is 0.806 bits per heavy atom. The third-order valence-corrected chi connectivity index (χ3v) is 6.16. The summed E-state index contributed by atoms with van der Waals surface area (Å²) in [6.07, 6.45) is 0. The van der Waals surface area contributed by atoms with Crippen LogP contribution in [0.2, 0.25) is 0 Å². The van der Waals surface area contributed by atoms with E-state index >= 15 is 0 Å². The summed E-state index contributed by atoms with van der Waals surface area (Å²) in [7, 11) is 0. The van der Waals surface area contributed by atoms with Crippen molar-refractivity contribution in [2.45, 2.75) is 13.8 Å². The van der Waals surface area contributed by atoms with Gasteiger partial charge in [0.15, 0.2) is 0 Å². The number of hydrogen-bond donors (Lipinski definition) is 0. The van der Waals surface area contributed by atoms with Gasteiger partial charge in [-0.2, -0.15) is 5.10 Å². The van der Waals surface area contributed by atoms with Gasteiger partial charge in [-0.1, -0.05) is 54.6 Å². The van der Waals surface area contributed by atoms with E-state index in [0.717, 1.165) is 46.5 Å². The fourth-order valence-corrected chi connectivity index (χ4v) is 4.63. The highest BCUT2D eigenvalue weighted by Crippen LogP contribution is 2.28. The SMILES string of the molecule is Cc1nn(-c2ccccc2)c(C)c1N1CCN(C(=O)c2cccc3ccccc23)CC1. The Morgan fingerprint density at radius 2 is 1.48 bits per heavy atom. The number of anilines is 1. The number of para-hydroxylation sites is 1. The van der Waals surface area contributed by atoms with Crippen molar-refractivity contribution in [1.29, 1.82) is 0 Å². The maximum Gasteiger partial charge on any atom is 0.254 e. The van der Waals surface area contributed by atoms with Crippen molar-refractivity contribution in [2.24, 2.45) is 0 Å². The molecular weight excluding hydrogens is 384 g/mol. The van der Waals surface area contributed by atoms with Gasteiger partial charge in [0.25, 0.3) is 5.91 Å². The van der Waals surface area contributed by atoms with E-state index < -0.39 is 0 Å². The first-order valence-corrected chi connectivity index (χ1v) is 10.8. The Morgan fingerprint density at radius 3 is 2.26 bits per heavy atom. The van der Waals surface area contributed by atoms with Crippen LogP contribution in [-0.4, -0.2) is 46.8 Å². The standard InChI is InChI=1S/C26H26N4O/c1-19-25(20(2)30(27-19)22-11-4-3-5-12-22)28-15-17-29(18-16-28)26(31)24-14-8-10-21-9-6-7-13-23(21)24/h3-14H,15-18H2,1-2H3. The van der Waals surface area contributed by atoms with Gasteiger partial charge in [0.1, 0.15) is 0 Å². The van der Waals surface area contributed by atoms with Crippen LogP contribution in [-0.2, 0) is 0 Å². The lowest BCUT2D eigenvalue weighted by molar-refractivity contribution is 0.0749.